The highest BCUT2D eigenvalue weighted by molar-refractivity contribution is 7.89. The van der Waals surface area contributed by atoms with Gasteiger partial charge in [0, 0.05) is 25.7 Å². The van der Waals surface area contributed by atoms with E-state index in [1.54, 1.807) is 10.4 Å². The molecule has 0 amide bonds. The zero-order valence-electron chi connectivity index (χ0n) is 11.9. The number of hydrogen-bond donors (Lipinski definition) is 1. The van der Waals surface area contributed by atoms with Crippen molar-refractivity contribution in [2.75, 3.05) is 13.1 Å². The second-order valence-electron chi connectivity index (χ2n) is 6.06. The molecule has 2 fully saturated rings. The van der Waals surface area contributed by atoms with Gasteiger partial charge in [0.05, 0.1) is 4.90 Å². The molecule has 1 N–H and O–H groups in total. The molecule has 5 heteroatoms. The van der Waals surface area contributed by atoms with E-state index in [2.05, 4.69) is 12.2 Å². The number of rotatable bonds is 5. The van der Waals surface area contributed by atoms with Crippen LogP contribution in [-0.2, 0) is 16.6 Å². The average molecular weight is 294 g/mol. The fourth-order valence-corrected chi connectivity index (χ4v) is 4.27. The molecule has 1 aliphatic carbocycles. The highest BCUT2D eigenvalue weighted by Crippen LogP contribution is 2.25. The molecule has 2 aliphatic rings. The molecule has 1 aromatic carbocycles. The summed E-state index contributed by atoms with van der Waals surface area (Å²) in [4.78, 5) is 0.432. The zero-order chi connectivity index (χ0) is 14.2. The fourth-order valence-electron chi connectivity index (χ4n) is 2.63. The standard InChI is InChI=1S/C15H22N2O2S/c1-12-7-8-17(11-12)20(18,19)15-4-2-3-13(9-15)10-16-14-5-6-14/h2-4,9,12,14,16H,5-8,10-11H2,1H3. The highest BCUT2D eigenvalue weighted by atomic mass is 32.2. The van der Waals surface area contributed by atoms with E-state index in [1.807, 2.05) is 18.2 Å². The number of nitrogens with one attached hydrogen (secondary N) is 1. The van der Waals surface area contributed by atoms with E-state index in [-0.39, 0.29) is 0 Å². The summed E-state index contributed by atoms with van der Waals surface area (Å²) in [7, 11) is -3.31. The Morgan fingerprint density at radius 1 is 1.30 bits per heavy atom. The van der Waals surface area contributed by atoms with Crippen molar-refractivity contribution < 1.29 is 8.42 Å². The number of nitrogens with zero attached hydrogens (tertiary/aromatic N) is 1. The molecule has 4 nitrogen and oxygen atoms in total. The van der Waals surface area contributed by atoms with Gasteiger partial charge in [-0.25, -0.2) is 8.42 Å². The van der Waals surface area contributed by atoms with E-state index in [0.717, 1.165) is 18.5 Å². The Morgan fingerprint density at radius 2 is 2.10 bits per heavy atom. The lowest BCUT2D eigenvalue weighted by Crippen LogP contribution is -2.28. The van der Waals surface area contributed by atoms with E-state index in [0.29, 0.717) is 29.9 Å². The summed E-state index contributed by atoms with van der Waals surface area (Å²) in [5, 5.41) is 3.42. The average Bonchev–Trinajstić information content (AvgIpc) is 3.16. The van der Waals surface area contributed by atoms with Crippen molar-refractivity contribution in [1.29, 1.82) is 0 Å². The molecule has 20 heavy (non-hydrogen) atoms. The molecular weight excluding hydrogens is 272 g/mol. The normalized spacial score (nSPS) is 24.1. The summed E-state index contributed by atoms with van der Waals surface area (Å²) in [6, 6.07) is 7.99. The van der Waals surface area contributed by atoms with Gasteiger partial charge in [0.2, 0.25) is 10.0 Å². The van der Waals surface area contributed by atoms with Gasteiger partial charge in [-0.05, 0) is 42.9 Å². The number of benzene rings is 1. The summed E-state index contributed by atoms with van der Waals surface area (Å²) < 4.78 is 26.8. The smallest absolute Gasteiger partial charge is 0.243 e. The van der Waals surface area contributed by atoms with Gasteiger partial charge in [-0.3, -0.25) is 0 Å². The first-order valence-electron chi connectivity index (χ1n) is 7.38. The Bertz CT molecular complexity index is 581. The topological polar surface area (TPSA) is 49.4 Å². The van der Waals surface area contributed by atoms with Crippen LogP contribution in [0.5, 0.6) is 0 Å². The van der Waals surface area contributed by atoms with Crippen LogP contribution in [0, 0.1) is 5.92 Å². The van der Waals surface area contributed by atoms with Crippen molar-refractivity contribution in [2.45, 2.75) is 43.7 Å². The Morgan fingerprint density at radius 3 is 2.75 bits per heavy atom. The van der Waals surface area contributed by atoms with Gasteiger partial charge in [0.25, 0.3) is 0 Å². The minimum Gasteiger partial charge on any atom is -0.310 e. The Labute approximate surface area is 121 Å². The molecule has 1 unspecified atom stereocenters. The quantitative estimate of drug-likeness (QED) is 0.903. The highest BCUT2D eigenvalue weighted by Gasteiger charge is 2.30. The maximum atomic E-state index is 12.6. The molecule has 1 aliphatic heterocycles. The van der Waals surface area contributed by atoms with Crippen LogP contribution in [0.2, 0.25) is 0 Å². The van der Waals surface area contributed by atoms with Crippen LogP contribution in [0.3, 0.4) is 0 Å². The van der Waals surface area contributed by atoms with E-state index < -0.39 is 10.0 Å². The van der Waals surface area contributed by atoms with Gasteiger partial charge in [0.15, 0.2) is 0 Å². The maximum Gasteiger partial charge on any atom is 0.243 e. The molecule has 0 aromatic heterocycles. The first-order valence-corrected chi connectivity index (χ1v) is 8.82. The first-order chi connectivity index (χ1) is 9.55. The Kier molecular flexibility index (Phi) is 3.84. The molecular formula is C15H22N2O2S. The molecule has 110 valence electrons. The predicted molar refractivity (Wildman–Crippen MR) is 78.8 cm³/mol. The third-order valence-electron chi connectivity index (χ3n) is 4.10. The van der Waals surface area contributed by atoms with Crippen molar-refractivity contribution in [3.05, 3.63) is 29.8 Å². The second kappa shape index (κ2) is 5.47. The number of sulfonamides is 1. The molecule has 1 heterocycles. The van der Waals surface area contributed by atoms with Gasteiger partial charge in [-0.1, -0.05) is 19.1 Å². The molecule has 0 spiro atoms. The van der Waals surface area contributed by atoms with E-state index in [9.17, 15) is 8.42 Å². The summed E-state index contributed by atoms with van der Waals surface area (Å²) in [6.07, 6.45) is 3.44. The molecule has 1 atom stereocenters. The molecule has 1 saturated heterocycles. The van der Waals surface area contributed by atoms with Crippen molar-refractivity contribution in [2.24, 2.45) is 5.92 Å². The largest absolute Gasteiger partial charge is 0.310 e. The monoisotopic (exact) mass is 294 g/mol. The summed E-state index contributed by atoms with van der Waals surface area (Å²) in [5.74, 6) is 0.462. The van der Waals surface area contributed by atoms with Crippen LogP contribution >= 0.6 is 0 Å². The van der Waals surface area contributed by atoms with Gasteiger partial charge < -0.3 is 5.32 Å². The summed E-state index contributed by atoms with van der Waals surface area (Å²) in [5.41, 5.74) is 1.05. The minimum atomic E-state index is -3.31. The van der Waals surface area contributed by atoms with Crippen LogP contribution in [0.1, 0.15) is 31.7 Å². The van der Waals surface area contributed by atoms with Crippen LogP contribution < -0.4 is 5.32 Å². The lowest BCUT2D eigenvalue weighted by atomic mass is 10.2. The SMILES string of the molecule is CC1CCN(S(=O)(=O)c2cccc(CNC3CC3)c2)C1. The Hall–Kier alpha value is -0.910. The Balaban J connectivity index is 1.76. The molecule has 0 radical (unpaired) electrons. The molecule has 1 saturated carbocycles. The van der Waals surface area contributed by atoms with Gasteiger partial charge in [-0.2, -0.15) is 4.31 Å². The van der Waals surface area contributed by atoms with Crippen molar-refractivity contribution >= 4 is 10.0 Å². The maximum absolute atomic E-state index is 12.6. The van der Waals surface area contributed by atoms with Gasteiger partial charge in [-0.15, -0.1) is 0 Å². The number of hydrogen-bond acceptors (Lipinski definition) is 3. The van der Waals surface area contributed by atoms with Crippen molar-refractivity contribution in [3.8, 4) is 0 Å². The molecule has 0 bridgehead atoms. The molecule has 3 rings (SSSR count). The van der Waals surface area contributed by atoms with Gasteiger partial charge >= 0.3 is 0 Å². The van der Waals surface area contributed by atoms with Gasteiger partial charge in [0.1, 0.15) is 0 Å². The zero-order valence-corrected chi connectivity index (χ0v) is 12.7. The molecule has 1 aromatic rings. The lowest BCUT2D eigenvalue weighted by molar-refractivity contribution is 0.464. The summed E-state index contributed by atoms with van der Waals surface area (Å²) >= 11 is 0. The predicted octanol–water partition coefficient (Wildman–Crippen LogP) is 1.97. The summed E-state index contributed by atoms with van der Waals surface area (Å²) in [6.45, 7) is 4.15. The minimum absolute atomic E-state index is 0.432. The van der Waals surface area contributed by atoms with Crippen LogP contribution in [-0.4, -0.2) is 31.9 Å². The third-order valence-corrected chi connectivity index (χ3v) is 5.96. The van der Waals surface area contributed by atoms with Crippen molar-refractivity contribution in [3.63, 3.8) is 0 Å². The third kappa shape index (κ3) is 3.05. The van der Waals surface area contributed by atoms with Crippen LogP contribution in [0.25, 0.3) is 0 Å². The van der Waals surface area contributed by atoms with E-state index in [1.165, 1.54) is 12.8 Å². The lowest BCUT2D eigenvalue weighted by Gasteiger charge is -2.16. The second-order valence-corrected chi connectivity index (χ2v) is 8.00. The van der Waals surface area contributed by atoms with Crippen LogP contribution in [0.4, 0.5) is 0 Å². The first kappa shape index (κ1) is 14.0. The van der Waals surface area contributed by atoms with E-state index in [4.69, 9.17) is 0 Å². The van der Waals surface area contributed by atoms with Crippen LogP contribution in [0.15, 0.2) is 29.2 Å². The van der Waals surface area contributed by atoms with E-state index >= 15 is 0 Å². The van der Waals surface area contributed by atoms with Crippen molar-refractivity contribution in [1.82, 2.24) is 9.62 Å². The fraction of sp³-hybridized carbons (Fsp3) is 0.600.